The van der Waals surface area contributed by atoms with E-state index in [1.54, 1.807) is 36.4 Å². The summed E-state index contributed by atoms with van der Waals surface area (Å²) in [5, 5.41) is 10.8. The summed E-state index contributed by atoms with van der Waals surface area (Å²) in [5.41, 5.74) is 4.47. The molecular formula is C26H25N5O4. The molecule has 5 rings (SSSR count). The van der Waals surface area contributed by atoms with Gasteiger partial charge in [-0.25, -0.2) is 4.98 Å². The smallest absolute Gasteiger partial charge is 0.269 e. The molecule has 0 unspecified atom stereocenters. The molecule has 4 aromatic rings. The normalized spacial score (nSPS) is 13.7. The van der Waals surface area contributed by atoms with Crippen LogP contribution in [0, 0.1) is 17.0 Å². The summed E-state index contributed by atoms with van der Waals surface area (Å²) in [6, 6.07) is 17.7. The van der Waals surface area contributed by atoms with Gasteiger partial charge in [0, 0.05) is 62.0 Å². The van der Waals surface area contributed by atoms with Crippen molar-refractivity contribution in [2.45, 2.75) is 13.5 Å². The minimum atomic E-state index is -0.406. The lowest BCUT2D eigenvalue weighted by Crippen LogP contribution is -2.48. The molecule has 0 radical (unpaired) electrons. The van der Waals surface area contributed by atoms with Gasteiger partial charge in [0.25, 0.3) is 11.6 Å². The zero-order valence-electron chi connectivity index (χ0n) is 19.3. The Morgan fingerprint density at radius 3 is 2.40 bits per heavy atom. The number of benzene rings is 2. The van der Waals surface area contributed by atoms with Crippen LogP contribution in [0.5, 0.6) is 5.75 Å². The van der Waals surface area contributed by atoms with Crippen LogP contribution >= 0.6 is 0 Å². The van der Waals surface area contributed by atoms with E-state index in [4.69, 9.17) is 4.74 Å². The summed E-state index contributed by atoms with van der Waals surface area (Å²) in [4.78, 5) is 32.0. The minimum Gasteiger partial charge on any atom is -0.487 e. The number of carbonyl (C=O) groups excluding carboxylic acids is 1. The summed E-state index contributed by atoms with van der Waals surface area (Å²) in [6.07, 6.45) is 3.92. The number of nitro groups is 1. The van der Waals surface area contributed by atoms with E-state index in [1.165, 1.54) is 12.1 Å². The first-order valence-electron chi connectivity index (χ1n) is 11.4. The fourth-order valence-electron chi connectivity index (χ4n) is 4.26. The molecule has 0 N–H and O–H groups in total. The summed E-state index contributed by atoms with van der Waals surface area (Å²) < 4.78 is 7.86. The van der Waals surface area contributed by atoms with Gasteiger partial charge in [0.2, 0.25) is 0 Å². The molecule has 9 nitrogen and oxygen atoms in total. The van der Waals surface area contributed by atoms with Crippen molar-refractivity contribution in [2.24, 2.45) is 0 Å². The number of amides is 1. The van der Waals surface area contributed by atoms with E-state index in [-0.39, 0.29) is 11.6 Å². The molecule has 1 aliphatic rings. The molecule has 3 heterocycles. The SMILES string of the molecule is Cc1cccn2cc(COc3ccc(C(=O)N4CCN(c5ccc([N+](=O)[O-])cc5)CC4)cc3)nc12. The van der Waals surface area contributed by atoms with Crippen LogP contribution in [0.2, 0.25) is 0 Å². The van der Waals surface area contributed by atoms with Crippen molar-refractivity contribution in [2.75, 3.05) is 31.1 Å². The van der Waals surface area contributed by atoms with Crippen LogP contribution in [0.1, 0.15) is 21.6 Å². The Balaban J connectivity index is 1.15. The fourth-order valence-corrected chi connectivity index (χ4v) is 4.26. The zero-order chi connectivity index (χ0) is 24.4. The van der Waals surface area contributed by atoms with Gasteiger partial charge in [-0.15, -0.1) is 0 Å². The zero-order valence-corrected chi connectivity index (χ0v) is 19.3. The molecule has 0 spiro atoms. The van der Waals surface area contributed by atoms with Gasteiger partial charge in [-0.2, -0.15) is 0 Å². The topological polar surface area (TPSA) is 93.2 Å². The Kier molecular flexibility index (Phi) is 6.05. The first kappa shape index (κ1) is 22.4. The van der Waals surface area contributed by atoms with Gasteiger partial charge in [-0.3, -0.25) is 14.9 Å². The van der Waals surface area contributed by atoms with Gasteiger partial charge in [-0.05, 0) is 55.0 Å². The van der Waals surface area contributed by atoms with Crippen LogP contribution < -0.4 is 9.64 Å². The number of aryl methyl sites for hydroxylation is 1. The second-order valence-electron chi connectivity index (χ2n) is 8.52. The highest BCUT2D eigenvalue weighted by Gasteiger charge is 2.22. The third-order valence-electron chi connectivity index (χ3n) is 6.21. The molecule has 0 aliphatic carbocycles. The number of non-ortho nitro benzene ring substituents is 1. The van der Waals surface area contributed by atoms with Gasteiger partial charge in [0.05, 0.1) is 10.6 Å². The molecular weight excluding hydrogens is 446 g/mol. The molecule has 35 heavy (non-hydrogen) atoms. The molecule has 0 bridgehead atoms. The summed E-state index contributed by atoms with van der Waals surface area (Å²) >= 11 is 0. The van der Waals surface area contributed by atoms with Gasteiger partial charge >= 0.3 is 0 Å². The number of ether oxygens (including phenoxy) is 1. The lowest BCUT2D eigenvalue weighted by molar-refractivity contribution is -0.384. The number of nitrogens with zero attached hydrogens (tertiary/aromatic N) is 5. The number of anilines is 1. The number of nitro benzene ring substituents is 1. The number of hydrogen-bond donors (Lipinski definition) is 0. The quantitative estimate of drug-likeness (QED) is 0.311. The van der Waals surface area contributed by atoms with E-state index >= 15 is 0 Å². The maximum absolute atomic E-state index is 13.0. The van der Waals surface area contributed by atoms with Crippen molar-refractivity contribution in [1.29, 1.82) is 0 Å². The van der Waals surface area contributed by atoms with Crippen molar-refractivity contribution in [3.8, 4) is 5.75 Å². The molecule has 1 aliphatic heterocycles. The molecule has 0 atom stereocenters. The van der Waals surface area contributed by atoms with E-state index in [0.717, 1.165) is 22.6 Å². The third kappa shape index (κ3) is 4.79. The van der Waals surface area contributed by atoms with E-state index in [2.05, 4.69) is 9.88 Å². The Hall–Kier alpha value is -4.40. The largest absolute Gasteiger partial charge is 0.487 e. The van der Waals surface area contributed by atoms with Crippen LogP contribution in [0.15, 0.2) is 73.1 Å². The maximum Gasteiger partial charge on any atom is 0.269 e. The van der Waals surface area contributed by atoms with Crippen molar-refractivity contribution < 1.29 is 14.5 Å². The first-order valence-corrected chi connectivity index (χ1v) is 11.4. The number of pyridine rings is 1. The average Bonchev–Trinajstić information content (AvgIpc) is 3.32. The number of piperazine rings is 1. The third-order valence-corrected chi connectivity index (χ3v) is 6.21. The van der Waals surface area contributed by atoms with E-state index in [1.807, 2.05) is 40.8 Å². The molecule has 1 fully saturated rings. The van der Waals surface area contributed by atoms with Crippen molar-refractivity contribution >= 4 is 22.9 Å². The van der Waals surface area contributed by atoms with Crippen LogP contribution in [-0.2, 0) is 6.61 Å². The predicted octanol–water partition coefficient (Wildman–Crippen LogP) is 4.09. The second kappa shape index (κ2) is 9.46. The van der Waals surface area contributed by atoms with E-state index < -0.39 is 4.92 Å². The Labute approximate surface area is 202 Å². The van der Waals surface area contributed by atoms with Gasteiger partial charge in [0.15, 0.2) is 0 Å². The van der Waals surface area contributed by atoms with Crippen LogP contribution in [0.4, 0.5) is 11.4 Å². The molecule has 1 amide bonds. The van der Waals surface area contributed by atoms with Gasteiger partial charge in [-0.1, -0.05) is 6.07 Å². The molecule has 2 aromatic heterocycles. The van der Waals surface area contributed by atoms with E-state index in [9.17, 15) is 14.9 Å². The lowest BCUT2D eigenvalue weighted by atomic mass is 10.1. The summed E-state index contributed by atoms with van der Waals surface area (Å²) in [6.45, 7) is 4.88. The highest BCUT2D eigenvalue weighted by Crippen LogP contribution is 2.22. The highest BCUT2D eigenvalue weighted by atomic mass is 16.6. The molecule has 1 saturated heterocycles. The van der Waals surface area contributed by atoms with Crippen LogP contribution in [0.25, 0.3) is 5.65 Å². The maximum atomic E-state index is 13.0. The number of fused-ring (bicyclic) bond motifs is 1. The van der Waals surface area contributed by atoms with Crippen molar-refractivity contribution in [3.63, 3.8) is 0 Å². The Morgan fingerprint density at radius 1 is 1.03 bits per heavy atom. The number of imidazole rings is 1. The van der Waals surface area contributed by atoms with Gasteiger partial charge < -0.3 is 18.9 Å². The van der Waals surface area contributed by atoms with Crippen molar-refractivity contribution in [1.82, 2.24) is 14.3 Å². The Morgan fingerprint density at radius 2 is 1.74 bits per heavy atom. The number of hydrogen-bond acceptors (Lipinski definition) is 6. The average molecular weight is 472 g/mol. The van der Waals surface area contributed by atoms with Crippen molar-refractivity contribution in [3.05, 3.63) is 100.0 Å². The predicted molar refractivity (Wildman–Crippen MR) is 132 cm³/mol. The van der Waals surface area contributed by atoms with Gasteiger partial charge in [0.1, 0.15) is 18.0 Å². The highest BCUT2D eigenvalue weighted by molar-refractivity contribution is 5.94. The number of aromatic nitrogens is 2. The van der Waals surface area contributed by atoms with Crippen LogP contribution in [-0.4, -0.2) is 51.3 Å². The molecule has 178 valence electrons. The summed E-state index contributed by atoms with van der Waals surface area (Å²) in [5.74, 6) is 0.661. The monoisotopic (exact) mass is 471 g/mol. The number of rotatable bonds is 6. The fraction of sp³-hybridized carbons (Fsp3) is 0.231. The molecule has 0 saturated carbocycles. The van der Waals surface area contributed by atoms with Crippen LogP contribution in [0.3, 0.4) is 0 Å². The second-order valence-corrected chi connectivity index (χ2v) is 8.52. The Bertz CT molecular complexity index is 1360. The standard InChI is InChI=1S/C26H25N5O4/c1-19-3-2-12-30-17-21(27-25(19)30)18-35-24-10-4-20(5-11-24)26(32)29-15-13-28(14-16-29)22-6-8-23(9-7-22)31(33)34/h2-12,17H,13-16,18H2,1H3. The first-order chi connectivity index (χ1) is 17.0. The summed E-state index contributed by atoms with van der Waals surface area (Å²) in [7, 11) is 0. The molecule has 2 aromatic carbocycles. The minimum absolute atomic E-state index is 0.0178. The van der Waals surface area contributed by atoms with E-state index in [0.29, 0.717) is 44.1 Å². The lowest BCUT2D eigenvalue weighted by Gasteiger charge is -2.36. The number of carbonyl (C=O) groups is 1. The molecule has 9 heteroatoms.